The van der Waals surface area contributed by atoms with Gasteiger partial charge in [-0.3, -0.25) is 4.79 Å². The zero-order valence-electron chi connectivity index (χ0n) is 16.1. The number of hydrogen-bond donors (Lipinski definition) is 2. The molecular weight excluding hydrogens is 360 g/mol. The maximum Gasteiger partial charge on any atom is 0.220 e. The average molecular weight is 389 g/mol. The van der Waals surface area contributed by atoms with Crippen LogP contribution in [-0.2, 0) is 27.1 Å². The molecule has 6 heteroatoms. The Hall–Kier alpha value is -2.18. The number of benzene rings is 2. The summed E-state index contributed by atoms with van der Waals surface area (Å²) in [6.45, 7) is 6.05. The molecule has 0 spiro atoms. The van der Waals surface area contributed by atoms with E-state index in [0.717, 1.165) is 16.7 Å². The van der Waals surface area contributed by atoms with Crippen molar-refractivity contribution in [2.75, 3.05) is 0 Å². The van der Waals surface area contributed by atoms with Crippen molar-refractivity contribution in [3.63, 3.8) is 0 Å². The minimum Gasteiger partial charge on any atom is -0.352 e. The van der Waals surface area contributed by atoms with E-state index in [2.05, 4.69) is 10.0 Å². The molecule has 1 atom stereocenters. The average Bonchev–Trinajstić information content (AvgIpc) is 2.60. The Morgan fingerprint density at radius 2 is 1.52 bits per heavy atom. The Bertz CT molecular complexity index is 831. The van der Waals surface area contributed by atoms with Gasteiger partial charge in [0.1, 0.15) is 0 Å². The molecule has 0 bridgehead atoms. The third-order valence-electron chi connectivity index (χ3n) is 4.14. The smallest absolute Gasteiger partial charge is 0.220 e. The number of carbonyl (C=O) groups is 1. The minimum absolute atomic E-state index is 0.000796. The van der Waals surface area contributed by atoms with Crippen LogP contribution in [0, 0.1) is 0 Å². The number of sulfonamides is 1. The van der Waals surface area contributed by atoms with Crippen LogP contribution in [0.25, 0.3) is 0 Å². The molecule has 2 aromatic carbocycles. The number of rotatable bonds is 9. The van der Waals surface area contributed by atoms with Crippen LogP contribution in [0.2, 0.25) is 0 Å². The van der Waals surface area contributed by atoms with E-state index in [-0.39, 0.29) is 23.6 Å². The SMILES string of the molecule is CC(C)NS(=O)(=O)Cc1ccc(CNC(=O)C[C@H](C)c2ccccc2)cc1. The highest BCUT2D eigenvalue weighted by atomic mass is 32.2. The summed E-state index contributed by atoms with van der Waals surface area (Å²) in [7, 11) is -3.33. The molecule has 0 fully saturated rings. The second-order valence-corrected chi connectivity index (χ2v) is 8.89. The Kier molecular flexibility index (Phi) is 7.56. The topological polar surface area (TPSA) is 75.3 Å². The van der Waals surface area contributed by atoms with Gasteiger partial charge in [0.15, 0.2) is 0 Å². The summed E-state index contributed by atoms with van der Waals surface area (Å²) < 4.78 is 26.5. The Morgan fingerprint density at radius 1 is 0.926 bits per heavy atom. The molecule has 2 aromatic rings. The van der Waals surface area contributed by atoms with E-state index in [1.807, 2.05) is 49.4 Å². The molecule has 0 radical (unpaired) electrons. The molecule has 27 heavy (non-hydrogen) atoms. The lowest BCUT2D eigenvalue weighted by Crippen LogP contribution is -2.31. The summed E-state index contributed by atoms with van der Waals surface area (Å²) in [6, 6.07) is 17.1. The summed E-state index contributed by atoms with van der Waals surface area (Å²) in [5.41, 5.74) is 2.80. The third kappa shape index (κ3) is 7.53. The first-order valence-electron chi connectivity index (χ1n) is 9.14. The van der Waals surface area contributed by atoms with Crippen molar-refractivity contribution in [2.24, 2.45) is 0 Å². The van der Waals surface area contributed by atoms with Crippen LogP contribution < -0.4 is 10.0 Å². The lowest BCUT2D eigenvalue weighted by molar-refractivity contribution is -0.121. The van der Waals surface area contributed by atoms with Crippen molar-refractivity contribution < 1.29 is 13.2 Å². The van der Waals surface area contributed by atoms with E-state index < -0.39 is 10.0 Å². The molecule has 0 unspecified atom stereocenters. The van der Waals surface area contributed by atoms with E-state index in [1.165, 1.54) is 0 Å². The van der Waals surface area contributed by atoms with Crippen LogP contribution >= 0.6 is 0 Å². The molecule has 146 valence electrons. The lowest BCUT2D eigenvalue weighted by Gasteiger charge is -2.12. The van der Waals surface area contributed by atoms with Crippen LogP contribution in [0.1, 0.15) is 49.8 Å². The number of hydrogen-bond acceptors (Lipinski definition) is 3. The van der Waals surface area contributed by atoms with Gasteiger partial charge < -0.3 is 5.32 Å². The van der Waals surface area contributed by atoms with Gasteiger partial charge in [0.2, 0.25) is 15.9 Å². The molecule has 0 saturated carbocycles. The zero-order valence-corrected chi connectivity index (χ0v) is 16.9. The molecule has 1 amide bonds. The normalized spacial score (nSPS) is 12.7. The fourth-order valence-electron chi connectivity index (χ4n) is 2.82. The minimum atomic E-state index is -3.33. The Labute approximate surface area is 162 Å². The second-order valence-electron chi connectivity index (χ2n) is 7.14. The van der Waals surface area contributed by atoms with Gasteiger partial charge in [-0.05, 0) is 36.5 Å². The molecule has 0 heterocycles. The first-order chi connectivity index (χ1) is 12.7. The van der Waals surface area contributed by atoms with Crippen molar-refractivity contribution >= 4 is 15.9 Å². The van der Waals surface area contributed by atoms with Crippen LogP contribution in [0.3, 0.4) is 0 Å². The van der Waals surface area contributed by atoms with Gasteiger partial charge >= 0.3 is 0 Å². The molecule has 0 aromatic heterocycles. The first-order valence-corrected chi connectivity index (χ1v) is 10.8. The van der Waals surface area contributed by atoms with E-state index in [9.17, 15) is 13.2 Å². The Balaban J connectivity index is 1.83. The standard InChI is InChI=1S/C21H28N2O3S/c1-16(2)23-27(25,26)15-19-11-9-18(10-12-19)14-22-21(24)13-17(3)20-7-5-4-6-8-20/h4-12,16-17,23H,13-15H2,1-3H3,(H,22,24)/t17-/m0/s1. The molecule has 0 aliphatic carbocycles. The third-order valence-corrected chi connectivity index (χ3v) is 5.69. The fraction of sp³-hybridized carbons (Fsp3) is 0.381. The van der Waals surface area contributed by atoms with E-state index in [1.54, 1.807) is 26.0 Å². The maximum atomic E-state index is 12.2. The highest BCUT2D eigenvalue weighted by molar-refractivity contribution is 7.88. The van der Waals surface area contributed by atoms with E-state index >= 15 is 0 Å². The van der Waals surface area contributed by atoms with Gasteiger partial charge in [0.05, 0.1) is 5.75 Å². The van der Waals surface area contributed by atoms with Crippen molar-refractivity contribution in [2.45, 2.75) is 51.4 Å². The lowest BCUT2D eigenvalue weighted by atomic mass is 9.97. The summed E-state index contributed by atoms with van der Waals surface area (Å²) in [4.78, 5) is 12.2. The molecule has 0 saturated heterocycles. The number of carbonyl (C=O) groups excluding carboxylic acids is 1. The first kappa shape index (κ1) is 21.1. The van der Waals surface area contributed by atoms with Crippen molar-refractivity contribution in [3.8, 4) is 0 Å². The molecule has 2 rings (SSSR count). The zero-order chi connectivity index (χ0) is 19.9. The molecule has 5 nitrogen and oxygen atoms in total. The largest absolute Gasteiger partial charge is 0.352 e. The van der Waals surface area contributed by atoms with Crippen molar-refractivity contribution in [1.29, 1.82) is 0 Å². The quantitative estimate of drug-likeness (QED) is 0.692. The maximum absolute atomic E-state index is 12.2. The highest BCUT2D eigenvalue weighted by Crippen LogP contribution is 2.18. The predicted octanol–water partition coefficient (Wildman–Crippen LogP) is 3.32. The van der Waals surface area contributed by atoms with Gasteiger partial charge in [-0.2, -0.15) is 0 Å². The fourth-order valence-corrected chi connectivity index (χ4v) is 4.26. The highest BCUT2D eigenvalue weighted by Gasteiger charge is 2.13. The van der Waals surface area contributed by atoms with Crippen molar-refractivity contribution in [1.82, 2.24) is 10.0 Å². The van der Waals surface area contributed by atoms with E-state index in [4.69, 9.17) is 0 Å². The molecule has 2 N–H and O–H groups in total. The summed E-state index contributed by atoms with van der Waals surface area (Å²) in [5, 5.41) is 2.92. The predicted molar refractivity (Wildman–Crippen MR) is 109 cm³/mol. The molecular formula is C21H28N2O3S. The number of nitrogens with one attached hydrogen (secondary N) is 2. The van der Waals surface area contributed by atoms with E-state index in [0.29, 0.717) is 13.0 Å². The summed E-state index contributed by atoms with van der Waals surface area (Å²) in [5.74, 6) is 0.109. The van der Waals surface area contributed by atoms with Gasteiger partial charge in [-0.15, -0.1) is 0 Å². The number of amides is 1. The second kappa shape index (κ2) is 9.67. The van der Waals surface area contributed by atoms with Crippen LogP contribution in [0.15, 0.2) is 54.6 Å². The van der Waals surface area contributed by atoms with Crippen LogP contribution in [-0.4, -0.2) is 20.4 Å². The van der Waals surface area contributed by atoms with Gasteiger partial charge in [0, 0.05) is 19.0 Å². The molecule has 0 aliphatic rings. The van der Waals surface area contributed by atoms with Gasteiger partial charge in [0.25, 0.3) is 0 Å². The van der Waals surface area contributed by atoms with Crippen LogP contribution in [0.4, 0.5) is 0 Å². The summed E-state index contributed by atoms with van der Waals surface area (Å²) >= 11 is 0. The molecule has 0 aliphatic heterocycles. The van der Waals surface area contributed by atoms with Gasteiger partial charge in [-0.1, -0.05) is 61.5 Å². The van der Waals surface area contributed by atoms with Crippen LogP contribution in [0.5, 0.6) is 0 Å². The monoisotopic (exact) mass is 388 g/mol. The van der Waals surface area contributed by atoms with Crippen molar-refractivity contribution in [3.05, 3.63) is 71.3 Å². The Morgan fingerprint density at radius 3 is 2.11 bits per heavy atom. The van der Waals surface area contributed by atoms with Gasteiger partial charge in [-0.25, -0.2) is 13.1 Å². The summed E-state index contributed by atoms with van der Waals surface area (Å²) in [6.07, 6.45) is 0.432.